The molecular weight excluding hydrogens is 326 g/mol. The van der Waals surface area contributed by atoms with Crippen LogP contribution in [0.3, 0.4) is 0 Å². The highest BCUT2D eigenvalue weighted by atomic mass is 32.2. The predicted octanol–water partition coefficient (Wildman–Crippen LogP) is 4.44. The molecule has 1 aliphatic heterocycles. The molecule has 2 rings (SSSR count). The van der Waals surface area contributed by atoms with E-state index in [0.29, 0.717) is 17.7 Å². The number of carbonyl (C=O) groups is 1. The molecule has 3 nitrogen and oxygen atoms in total. The number of hydrogen-bond acceptors (Lipinski definition) is 4. The summed E-state index contributed by atoms with van der Waals surface area (Å²) in [4.78, 5) is 14.9. The molecule has 0 aromatic heterocycles. The molecule has 0 N–H and O–H groups in total. The number of methoxy groups -OCH3 is 1. The van der Waals surface area contributed by atoms with Gasteiger partial charge >= 0.3 is 0 Å². The molecule has 0 saturated carbocycles. The number of ether oxygens (including phenoxy) is 1. The smallest absolute Gasteiger partial charge is 0.254 e. The number of hydrogen-bond donors (Lipinski definition) is 0. The topological polar surface area (TPSA) is 29.5 Å². The summed E-state index contributed by atoms with van der Waals surface area (Å²) in [6.45, 7) is 5.51. The standard InChI is InChI=1S/C18H27NO2S2/c1-4-16(5-2)19(10-11-21-3)17(20)14-6-8-15(9-7-14)18-22-12-13-23-18/h6-9,16,18H,4-5,10-13H2,1-3H3. The monoisotopic (exact) mass is 353 g/mol. The maximum Gasteiger partial charge on any atom is 0.254 e. The van der Waals surface area contributed by atoms with Gasteiger partial charge in [0.25, 0.3) is 5.91 Å². The van der Waals surface area contributed by atoms with Crippen molar-refractivity contribution >= 4 is 29.4 Å². The third kappa shape index (κ3) is 4.91. The molecule has 1 fully saturated rings. The molecule has 5 heteroatoms. The molecule has 1 heterocycles. The van der Waals surface area contributed by atoms with E-state index in [9.17, 15) is 4.79 Å². The minimum absolute atomic E-state index is 0.119. The predicted molar refractivity (Wildman–Crippen MR) is 101 cm³/mol. The Morgan fingerprint density at radius 1 is 1.22 bits per heavy atom. The normalized spacial score (nSPS) is 15.3. The van der Waals surface area contributed by atoms with Crippen molar-refractivity contribution in [3.63, 3.8) is 0 Å². The Kier molecular flexibility index (Phi) is 7.80. The molecular formula is C18H27NO2S2. The first-order valence-electron chi connectivity index (χ1n) is 8.34. The second kappa shape index (κ2) is 9.60. The summed E-state index contributed by atoms with van der Waals surface area (Å²) in [7, 11) is 1.68. The molecule has 128 valence electrons. The molecule has 1 amide bonds. The van der Waals surface area contributed by atoms with Crippen molar-refractivity contribution in [3.05, 3.63) is 35.4 Å². The van der Waals surface area contributed by atoms with Crippen molar-refractivity contribution in [2.45, 2.75) is 37.3 Å². The van der Waals surface area contributed by atoms with Gasteiger partial charge in [-0.05, 0) is 30.5 Å². The third-order valence-corrected chi connectivity index (χ3v) is 7.34. The number of nitrogens with zero attached hydrogens (tertiary/aromatic N) is 1. The zero-order chi connectivity index (χ0) is 16.7. The van der Waals surface area contributed by atoms with Gasteiger partial charge in [-0.2, -0.15) is 0 Å². The highest BCUT2D eigenvalue weighted by molar-refractivity contribution is 8.19. The van der Waals surface area contributed by atoms with Crippen molar-refractivity contribution in [1.29, 1.82) is 0 Å². The number of amides is 1. The minimum atomic E-state index is 0.119. The number of benzene rings is 1. The summed E-state index contributed by atoms with van der Waals surface area (Å²) in [6, 6.07) is 8.48. The van der Waals surface area contributed by atoms with Crippen molar-refractivity contribution in [3.8, 4) is 0 Å². The van der Waals surface area contributed by atoms with Crippen LogP contribution in [-0.4, -0.2) is 48.6 Å². The van der Waals surface area contributed by atoms with E-state index >= 15 is 0 Å². The summed E-state index contributed by atoms with van der Waals surface area (Å²) in [6.07, 6.45) is 1.94. The molecule has 1 aliphatic rings. The Hall–Kier alpha value is -0.650. The number of rotatable bonds is 8. The lowest BCUT2D eigenvalue weighted by Crippen LogP contribution is -2.41. The average molecular weight is 354 g/mol. The van der Waals surface area contributed by atoms with E-state index in [1.54, 1.807) is 7.11 Å². The lowest BCUT2D eigenvalue weighted by molar-refractivity contribution is 0.0589. The molecule has 0 unspecified atom stereocenters. The first kappa shape index (κ1) is 18.7. The van der Waals surface area contributed by atoms with E-state index in [1.165, 1.54) is 17.1 Å². The Balaban J connectivity index is 2.11. The number of thioether (sulfide) groups is 2. The van der Waals surface area contributed by atoms with Gasteiger partial charge in [0, 0.05) is 36.8 Å². The summed E-state index contributed by atoms with van der Waals surface area (Å²) in [5, 5.41) is 0. The van der Waals surface area contributed by atoms with Gasteiger partial charge in [0.1, 0.15) is 0 Å². The van der Waals surface area contributed by atoms with Gasteiger partial charge in [-0.15, -0.1) is 23.5 Å². The van der Waals surface area contributed by atoms with Crippen LogP contribution in [0.15, 0.2) is 24.3 Å². The highest BCUT2D eigenvalue weighted by Crippen LogP contribution is 2.45. The second-order valence-electron chi connectivity index (χ2n) is 5.66. The van der Waals surface area contributed by atoms with Crippen molar-refractivity contribution in [1.82, 2.24) is 4.90 Å². The first-order valence-corrected chi connectivity index (χ1v) is 10.4. The van der Waals surface area contributed by atoms with E-state index in [-0.39, 0.29) is 11.9 Å². The fourth-order valence-corrected chi connectivity index (χ4v) is 5.73. The minimum Gasteiger partial charge on any atom is -0.383 e. The van der Waals surface area contributed by atoms with Crippen LogP contribution in [0.25, 0.3) is 0 Å². The maximum atomic E-state index is 12.9. The molecule has 0 aliphatic carbocycles. The molecule has 0 radical (unpaired) electrons. The number of carbonyl (C=O) groups excluding carboxylic acids is 1. The van der Waals surface area contributed by atoms with E-state index in [4.69, 9.17) is 4.74 Å². The van der Waals surface area contributed by atoms with Crippen LogP contribution in [-0.2, 0) is 4.74 Å². The average Bonchev–Trinajstić information content (AvgIpc) is 3.13. The lowest BCUT2D eigenvalue weighted by atomic mass is 10.1. The molecule has 1 saturated heterocycles. The molecule has 0 bridgehead atoms. The fourth-order valence-electron chi connectivity index (χ4n) is 2.87. The first-order chi connectivity index (χ1) is 11.2. The van der Waals surface area contributed by atoms with E-state index in [2.05, 4.69) is 26.0 Å². The zero-order valence-electron chi connectivity index (χ0n) is 14.3. The molecule has 1 aromatic rings. The van der Waals surface area contributed by atoms with Crippen LogP contribution >= 0.6 is 23.5 Å². The Labute approximate surface area is 148 Å². The Bertz CT molecular complexity index is 482. The van der Waals surface area contributed by atoms with Crippen LogP contribution in [0.4, 0.5) is 0 Å². The molecule has 0 atom stereocenters. The second-order valence-corrected chi connectivity index (χ2v) is 8.38. The van der Waals surface area contributed by atoms with Gasteiger partial charge in [0.05, 0.1) is 11.2 Å². The van der Waals surface area contributed by atoms with Crippen LogP contribution < -0.4 is 0 Å². The van der Waals surface area contributed by atoms with Gasteiger partial charge in [-0.1, -0.05) is 26.0 Å². The molecule has 23 heavy (non-hydrogen) atoms. The summed E-state index contributed by atoms with van der Waals surface area (Å²) in [5.41, 5.74) is 2.10. The van der Waals surface area contributed by atoms with Crippen LogP contribution in [0.2, 0.25) is 0 Å². The molecule has 0 spiro atoms. The lowest BCUT2D eigenvalue weighted by Gasteiger charge is -2.30. The summed E-state index contributed by atoms with van der Waals surface area (Å²) < 4.78 is 5.72. The van der Waals surface area contributed by atoms with Crippen LogP contribution in [0, 0.1) is 0 Å². The third-order valence-electron chi connectivity index (χ3n) is 4.23. The largest absolute Gasteiger partial charge is 0.383 e. The van der Waals surface area contributed by atoms with Gasteiger partial charge in [0.2, 0.25) is 0 Å². The molecule has 1 aromatic carbocycles. The van der Waals surface area contributed by atoms with Gasteiger partial charge in [-0.3, -0.25) is 4.79 Å². The van der Waals surface area contributed by atoms with Crippen LogP contribution in [0.1, 0.15) is 47.2 Å². The summed E-state index contributed by atoms with van der Waals surface area (Å²) >= 11 is 3.98. The fraction of sp³-hybridized carbons (Fsp3) is 0.611. The van der Waals surface area contributed by atoms with Crippen molar-refractivity contribution in [2.24, 2.45) is 0 Å². The Morgan fingerprint density at radius 3 is 2.35 bits per heavy atom. The van der Waals surface area contributed by atoms with Gasteiger partial charge in [0.15, 0.2) is 0 Å². The van der Waals surface area contributed by atoms with E-state index < -0.39 is 0 Å². The van der Waals surface area contributed by atoms with Gasteiger partial charge < -0.3 is 9.64 Å². The Morgan fingerprint density at radius 2 is 1.83 bits per heavy atom. The zero-order valence-corrected chi connectivity index (χ0v) is 15.9. The highest BCUT2D eigenvalue weighted by Gasteiger charge is 2.23. The van der Waals surface area contributed by atoms with Gasteiger partial charge in [-0.25, -0.2) is 0 Å². The summed E-state index contributed by atoms with van der Waals surface area (Å²) in [5.74, 6) is 2.55. The maximum absolute atomic E-state index is 12.9. The SMILES string of the molecule is CCC(CC)N(CCOC)C(=O)c1ccc(C2SCCS2)cc1. The van der Waals surface area contributed by atoms with Crippen molar-refractivity contribution in [2.75, 3.05) is 31.8 Å². The van der Waals surface area contributed by atoms with E-state index in [1.807, 2.05) is 40.6 Å². The van der Waals surface area contributed by atoms with E-state index in [0.717, 1.165) is 18.4 Å². The quantitative estimate of drug-likeness (QED) is 0.691. The van der Waals surface area contributed by atoms with Crippen molar-refractivity contribution < 1.29 is 9.53 Å². The van der Waals surface area contributed by atoms with Crippen LogP contribution in [0.5, 0.6) is 0 Å².